The van der Waals surface area contributed by atoms with Crippen LogP contribution >= 0.6 is 11.6 Å². The molecule has 0 amide bonds. The summed E-state index contributed by atoms with van der Waals surface area (Å²) in [5, 5.41) is 2.76. The SMILES string of the molecule is CC(C)N=C(NN)Nc1cc(C(F)(F)F)ccc1Cl. The zero-order valence-electron chi connectivity index (χ0n) is 10.3. The first kappa shape index (κ1) is 15.6. The number of nitrogens with one attached hydrogen (secondary N) is 2. The maximum atomic E-state index is 12.6. The number of halogens is 4. The first-order valence-electron chi connectivity index (χ1n) is 5.42. The minimum atomic E-state index is -4.44. The molecule has 0 unspecified atom stereocenters. The van der Waals surface area contributed by atoms with Crippen LogP contribution in [-0.2, 0) is 6.18 Å². The van der Waals surface area contributed by atoms with Gasteiger partial charge in [-0.3, -0.25) is 5.43 Å². The Balaban J connectivity index is 3.06. The van der Waals surface area contributed by atoms with Gasteiger partial charge in [0.1, 0.15) is 0 Å². The number of alkyl halides is 3. The minimum Gasteiger partial charge on any atom is -0.324 e. The first-order chi connectivity index (χ1) is 8.74. The monoisotopic (exact) mass is 294 g/mol. The van der Waals surface area contributed by atoms with Crippen LogP contribution in [0.4, 0.5) is 18.9 Å². The fourth-order valence-corrected chi connectivity index (χ4v) is 1.45. The summed E-state index contributed by atoms with van der Waals surface area (Å²) < 4.78 is 37.8. The van der Waals surface area contributed by atoms with Crippen molar-refractivity contribution in [1.29, 1.82) is 0 Å². The molecule has 0 atom stereocenters. The zero-order chi connectivity index (χ0) is 14.6. The molecule has 106 valence electrons. The molecule has 19 heavy (non-hydrogen) atoms. The van der Waals surface area contributed by atoms with Crippen LogP contribution in [0.5, 0.6) is 0 Å². The Kier molecular flexibility index (Phi) is 5.02. The van der Waals surface area contributed by atoms with E-state index in [4.69, 9.17) is 17.4 Å². The van der Waals surface area contributed by atoms with Crippen LogP contribution in [0.3, 0.4) is 0 Å². The molecule has 1 aromatic carbocycles. The predicted octanol–water partition coefficient (Wildman–Crippen LogP) is 3.00. The van der Waals surface area contributed by atoms with Crippen LogP contribution in [0, 0.1) is 0 Å². The van der Waals surface area contributed by atoms with Crippen molar-refractivity contribution in [3.63, 3.8) is 0 Å². The lowest BCUT2D eigenvalue weighted by Gasteiger charge is -2.14. The molecule has 0 saturated heterocycles. The normalized spacial score (nSPS) is 12.7. The minimum absolute atomic E-state index is 0.0776. The van der Waals surface area contributed by atoms with Gasteiger partial charge in [0.05, 0.1) is 16.3 Å². The van der Waals surface area contributed by atoms with Gasteiger partial charge >= 0.3 is 6.18 Å². The highest BCUT2D eigenvalue weighted by Gasteiger charge is 2.31. The van der Waals surface area contributed by atoms with Crippen LogP contribution in [0.15, 0.2) is 23.2 Å². The highest BCUT2D eigenvalue weighted by atomic mass is 35.5. The Labute approximate surface area is 113 Å². The number of nitrogens with two attached hydrogens (primary N) is 1. The molecule has 0 heterocycles. The maximum Gasteiger partial charge on any atom is 0.416 e. The van der Waals surface area contributed by atoms with Gasteiger partial charge in [-0.15, -0.1) is 0 Å². The van der Waals surface area contributed by atoms with Crippen molar-refractivity contribution in [1.82, 2.24) is 5.43 Å². The van der Waals surface area contributed by atoms with E-state index in [0.717, 1.165) is 18.2 Å². The molecule has 0 spiro atoms. The Morgan fingerprint density at radius 3 is 2.47 bits per heavy atom. The molecule has 1 aromatic rings. The topological polar surface area (TPSA) is 62.4 Å². The molecule has 4 N–H and O–H groups in total. The summed E-state index contributed by atoms with van der Waals surface area (Å²) in [6.45, 7) is 3.60. The van der Waals surface area contributed by atoms with E-state index in [1.54, 1.807) is 13.8 Å². The third-order valence-corrected chi connectivity index (χ3v) is 2.40. The van der Waals surface area contributed by atoms with Crippen LogP contribution < -0.4 is 16.6 Å². The Morgan fingerprint density at radius 2 is 2.00 bits per heavy atom. The molecule has 8 heteroatoms. The second-order valence-corrected chi connectivity index (χ2v) is 4.44. The van der Waals surface area contributed by atoms with Gasteiger partial charge in [0.2, 0.25) is 5.96 Å². The average molecular weight is 295 g/mol. The average Bonchev–Trinajstić information content (AvgIpc) is 2.28. The Bertz CT molecular complexity index is 471. The fraction of sp³-hybridized carbons (Fsp3) is 0.364. The first-order valence-corrected chi connectivity index (χ1v) is 5.80. The zero-order valence-corrected chi connectivity index (χ0v) is 11.1. The van der Waals surface area contributed by atoms with E-state index in [9.17, 15) is 13.2 Å². The summed E-state index contributed by atoms with van der Waals surface area (Å²) in [4.78, 5) is 4.05. The van der Waals surface area contributed by atoms with Gasteiger partial charge in [-0.2, -0.15) is 13.2 Å². The highest BCUT2D eigenvalue weighted by molar-refractivity contribution is 6.33. The number of hydrogen-bond donors (Lipinski definition) is 3. The van der Waals surface area contributed by atoms with Gasteiger partial charge in [-0.25, -0.2) is 10.8 Å². The van der Waals surface area contributed by atoms with Crippen molar-refractivity contribution >= 4 is 23.2 Å². The van der Waals surface area contributed by atoms with E-state index in [1.807, 2.05) is 0 Å². The smallest absolute Gasteiger partial charge is 0.324 e. The molecule has 0 aromatic heterocycles. The van der Waals surface area contributed by atoms with Crippen molar-refractivity contribution in [2.24, 2.45) is 10.8 Å². The number of rotatable bonds is 2. The number of nitrogens with zero attached hydrogens (tertiary/aromatic N) is 1. The van der Waals surface area contributed by atoms with Crippen LogP contribution in [0.2, 0.25) is 5.02 Å². The molecule has 0 saturated carbocycles. The maximum absolute atomic E-state index is 12.6. The molecular formula is C11H14ClF3N4. The number of benzene rings is 1. The van der Waals surface area contributed by atoms with Gasteiger partial charge in [0.15, 0.2) is 0 Å². The second-order valence-electron chi connectivity index (χ2n) is 4.03. The number of hydrazine groups is 1. The van der Waals surface area contributed by atoms with Crippen molar-refractivity contribution in [2.75, 3.05) is 5.32 Å². The molecular weight excluding hydrogens is 281 g/mol. The van der Waals surface area contributed by atoms with Gasteiger partial charge in [0, 0.05) is 6.04 Å². The summed E-state index contributed by atoms with van der Waals surface area (Å²) in [5.41, 5.74) is 1.54. The lowest BCUT2D eigenvalue weighted by molar-refractivity contribution is -0.137. The van der Waals surface area contributed by atoms with Gasteiger partial charge in [-0.1, -0.05) is 11.6 Å². The van der Waals surface area contributed by atoms with Crippen molar-refractivity contribution in [2.45, 2.75) is 26.1 Å². The second kappa shape index (κ2) is 6.12. The highest BCUT2D eigenvalue weighted by Crippen LogP contribution is 2.33. The summed E-state index contributed by atoms with van der Waals surface area (Å²) in [5.74, 6) is 5.37. The quantitative estimate of drug-likeness (QED) is 0.340. The third kappa shape index (κ3) is 4.60. The van der Waals surface area contributed by atoms with E-state index in [-0.39, 0.29) is 22.7 Å². The predicted molar refractivity (Wildman–Crippen MR) is 70.0 cm³/mol. The molecule has 4 nitrogen and oxygen atoms in total. The van der Waals surface area contributed by atoms with Gasteiger partial charge in [-0.05, 0) is 32.0 Å². The number of guanidine groups is 1. The van der Waals surface area contributed by atoms with Crippen molar-refractivity contribution in [3.8, 4) is 0 Å². The van der Waals surface area contributed by atoms with Crippen LogP contribution in [0.25, 0.3) is 0 Å². The van der Waals surface area contributed by atoms with Crippen LogP contribution in [-0.4, -0.2) is 12.0 Å². The van der Waals surface area contributed by atoms with E-state index < -0.39 is 11.7 Å². The number of aliphatic imine (C=N–C) groups is 1. The van der Waals surface area contributed by atoms with E-state index in [0.29, 0.717) is 0 Å². The third-order valence-electron chi connectivity index (χ3n) is 2.07. The molecule has 0 bridgehead atoms. The lowest BCUT2D eigenvalue weighted by Crippen LogP contribution is -2.37. The summed E-state index contributed by atoms with van der Waals surface area (Å²) >= 11 is 5.83. The fourth-order valence-electron chi connectivity index (χ4n) is 1.29. The summed E-state index contributed by atoms with van der Waals surface area (Å²) in [6, 6.07) is 2.89. The standard InChI is InChI=1S/C11H14ClF3N4/c1-6(2)17-10(19-16)18-9-5-7(11(13,14)15)3-4-8(9)12/h3-6H,16H2,1-2H3,(H2,17,18,19). The Morgan fingerprint density at radius 1 is 1.37 bits per heavy atom. The van der Waals surface area contributed by atoms with E-state index >= 15 is 0 Å². The molecule has 0 radical (unpaired) electrons. The molecule has 0 aliphatic rings. The van der Waals surface area contributed by atoms with Gasteiger partial charge < -0.3 is 5.32 Å². The molecule has 1 rings (SSSR count). The number of anilines is 1. The van der Waals surface area contributed by atoms with Crippen molar-refractivity contribution in [3.05, 3.63) is 28.8 Å². The Hall–Kier alpha value is -1.47. The molecule has 0 fully saturated rings. The summed E-state index contributed by atoms with van der Waals surface area (Å²) in [6.07, 6.45) is -4.44. The van der Waals surface area contributed by atoms with Gasteiger partial charge in [0.25, 0.3) is 0 Å². The van der Waals surface area contributed by atoms with Crippen LogP contribution in [0.1, 0.15) is 19.4 Å². The molecule has 0 aliphatic carbocycles. The molecule has 0 aliphatic heterocycles. The largest absolute Gasteiger partial charge is 0.416 e. The lowest BCUT2D eigenvalue weighted by atomic mass is 10.2. The number of hydrogen-bond acceptors (Lipinski definition) is 2. The summed E-state index contributed by atoms with van der Waals surface area (Å²) in [7, 11) is 0. The van der Waals surface area contributed by atoms with Crippen molar-refractivity contribution < 1.29 is 13.2 Å². The van der Waals surface area contributed by atoms with E-state index in [2.05, 4.69) is 15.7 Å². The van der Waals surface area contributed by atoms with E-state index in [1.165, 1.54) is 0 Å².